The molecule has 0 radical (unpaired) electrons. The number of hydrogen-bond acceptors (Lipinski definition) is 6. The number of carboxylic acid groups (broad SMARTS) is 1. The minimum Gasteiger partial charge on any atom is -0.495 e. The summed E-state index contributed by atoms with van der Waals surface area (Å²) < 4.78 is 6.24. The molecule has 0 spiro atoms. The minimum atomic E-state index is -1.02. The van der Waals surface area contributed by atoms with Crippen LogP contribution in [0, 0.1) is 0 Å². The third-order valence-corrected chi connectivity index (χ3v) is 4.72. The second kappa shape index (κ2) is 6.41. The van der Waals surface area contributed by atoms with Crippen LogP contribution in [0.5, 0.6) is 5.75 Å². The highest BCUT2D eigenvalue weighted by Crippen LogP contribution is 2.34. The number of anilines is 2. The van der Waals surface area contributed by atoms with E-state index in [9.17, 15) is 9.90 Å². The first kappa shape index (κ1) is 16.5. The molecule has 4 rings (SSSR count). The first-order valence-corrected chi connectivity index (χ1v) is 8.63. The summed E-state index contributed by atoms with van der Waals surface area (Å²) in [6, 6.07) is 5.57. The lowest BCUT2D eigenvalue weighted by atomic mass is 9.93. The van der Waals surface area contributed by atoms with Gasteiger partial charge < -0.3 is 15.2 Å². The molecule has 1 aliphatic rings. The van der Waals surface area contributed by atoms with Crippen molar-refractivity contribution in [2.45, 2.75) is 12.8 Å². The number of nitrogens with one attached hydrogen (secondary N) is 2. The largest absolute Gasteiger partial charge is 0.495 e. The van der Waals surface area contributed by atoms with Crippen LogP contribution in [0.25, 0.3) is 11.4 Å². The van der Waals surface area contributed by atoms with Gasteiger partial charge in [0, 0.05) is 16.2 Å². The number of carbonyl (C=O) groups is 1. The Kier molecular flexibility index (Phi) is 4.08. The molecule has 132 valence electrons. The molecule has 0 atom stereocenters. The number of nitrogens with zero attached hydrogens (tertiary/aromatic N) is 3. The number of halogens is 1. The molecule has 9 heteroatoms. The van der Waals surface area contributed by atoms with Crippen molar-refractivity contribution in [2.75, 3.05) is 12.4 Å². The first-order valence-electron chi connectivity index (χ1n) is 7.84. The van der Waals surface area contributed by atoms with Gasteiger partial charge in [-0.05, 0) is 36.6 Å². The Morgan fingerprint density at radius 2 is 2.19 bits per heavy atom. The molecule has 3 aromatic rings. The van der Waals surface area contributed by atoms with Crippen molar-refractivity contribution in [1.29, 1.82) is 0 Å². The highest BCUT2D eigenvalue weighted by Gasteiger charge is 2.26. The Hall–Kier alpha value is -2.94. The van der Waals surface area contributed by atoms with Crippen LogP contribution in [0.3, 0.4) is 0 Å². The van der Waals surface area contributed by atoms with Crippen molar-refractivity contribution in [1.82, 2.24) is 20.2 Å². The summed E-state index contributed by atoms with van der Waals surface area (Å²) in [6.45, 7) is 0. The molecule has 1 aromatic carbocycles. The Morgan fingerprint density at radius 1 is 1.35 bits per heavy atom. The number of aromatic carboxylic acids is 1. The molecule has 0 aliphatic heterocycles. The van der Waals surface area contributed by atoms with Gasteiger partial charge in [0.1, 0.15) is 17.1 Å². The van der Waals surface area contributed by atoms with E-state index in [2.05, 4.69) is 41.4 Å². The monoisotopic (exact) mass is 415 g/mol. The molecule has 1 aliphatic carbocycles. The molecular weight excluding hydrogens is 402 g/mol. The summed E-state index contributed by atoms with van der Waals surface area (Å²) in [5.41, 5.74) is 3.65. The Morgan fingerprint density at radius 3 is 2.96 bits per heavy atom. The molecular formula is C17H14BrN5O3. The van der Waals surface area contributed by atoms with Crippen molar-refractivity contribution in [2.24, 2.45) is 0 Å². The van der Waals surface area contributed by atoms with Gasteiger partial charge in [-0.1, -0.05) is 15.9 Å². The van der Waals surface area contributed by atoms with Crippen LogP contribution in [0.15, 0.2) is 28.9 Å². The van der Waals surface area contributed by atoms with Crippen LogP contribution >= 0.6 is 15.9 Å². The Labute approximate surface area is 156 Å². The molecule has 3 N–H and O–H groups in total. The second-order valence-corrected chi connectivity index (χ2v) is 6.68. The van der Waals surface area contributed by atoms with E-state index in [-0.39, 0.29) is 5.69 Å². The molecule has 0 saturated carbocycles. The Bertz CT molecular complexity index is 1020. The fourth-order valence-electron chi connectivity index (χ4n) is 2.99. The zero-order valence-electron chi connectivity index (χ0n) is 13.7. The number of rotatable bonds is 4. The van der Waals surface area contributed by atoms with E-state index >= 15 is 0 Å². The van der Waals surface area contributed by atoms with Gasteiger partial charge in [-0.25, -0.2) is 14.8 Å². The fourth-order valence-corrected chi connectivity index (χ4v) is 3.36. The van der Waals surface area contributed by atoms with Gasteiger partial charge in [-0.3, -0.25) is 5.10 Å². The SMILES string of the molecule is COc1ccc(Br)cc1Nc1ncc2c(n1)-c1n[nH]c(C(=O)O)c1CC2. The van der Waals surface area contributed by atoms with E-state index < -0.39 is 5.97 Å². The topological polar surface area (TPSA) is 113 Å². The quantitative estimate of drug-likeness (QED) is 0.599. The number of aromatic amines is 1. The molecule has 8 nitrogen and oxygen atoms in total. The van der Waals surface area contributed by atoms with Crippen molar-refractivity contribution >= 4 is 33.5 Å². The maximum Gasteiger partial charge on any atom is 0.354 e. The normalized spacial score (nSPS) is 12.2. The maximum absolute atomic E-state index is 11.3. The number of H-pyrrole nitrogens is 1. The summed E-state index contributed by atoms with van der Waals surface area (Å²) in [7, 11) is 1.59. The maximum atomic E-state index is 11.3. The smallest absolute Gasteiger partial charge is 0.354 e. The number of ether oxygens (including phenoxy) is 1. The molecule has 0 saturated heterocycles. The number of hydrogen-bond donors (Lipinski definition) is 3. The van der Waals surface area contributed by atoms with Crippen LogP contribution in [-0.4, -0.2) is 38.4 Å². The average molecular weight is 416 g/mol. The minimum absolute atomic E-state index is 0.118. The van der Waals surface area contributed by atoms with Gasteiger partial charge >= 0.3 is 5.97 Å². The third-order valence-electron chi connectivity index (χ3n) is 4.22. The Balaban J connectivity index is 1.74. The molecule has 0 amide bonds. The number of benzene rings is 1. The number of methoxy groups -OCH3 is 1. The van der Waals surface area contributed by atoms with Gasteiger partial charge in [0.15, 0.2) is 0 Å². The highest BCUT2D eigenvalue weighted by atomic mass is 79.9. The molecule has 0 bridgehead atoms. The van der Waals surface area contributed by atoms with Gasteiger partial charge in [-0.2, -0.15) is 5.10 Å². The van der Waals surface area contributed by atoms with Gasteiger partial charge in [0.05, 0.1) is 18.5 Å². The summed E-state index contributed by atoms with van der Waals surface area (Å²) >= 11 is 3.43. The number of aryl methyl sites for hydroxylation is 1. The summed E-state index contributed by atoms with van der Waals surface area (Å²) in [6.07, 6.45) is 3.01. The molecule has 0 fully saturated rings. The lowest BCUT2D eigenvalue weighted by molar-refractivity contribution is 0.0689. The van der Waals surface area contributed by atoms with Crippen molar-refractivity contribution in [3.05, 3.63) is 45.7 Å². The fraction of sp³-hybridized carbons (Fsp3) is 0.176. The van der Waals surface area contributed by atoms with Crippen LogP contribution in [0.1, 0.15) is 21.6 Å². The number of fused-ring (bicyclic) bond motifs is 3. The number of carboxylic acids is 1. The lowest BCUT2D eigenvalue weighted by Crippen LogP contribution is -2.10. The lowest BCUT2D eigenvalue weighted by Gasteiger charge is -2.16. The molecule has 26 heavy (non-hydrogen) atoms. The summed E-state index contributed by atoms with van der Waals surface area (Å²) in [4.78, 5) is 20.2. The zero-order valence-corrected chi connectivity index (χ0v) is 15.3. The highest BCUT2D eigenvalue weighted by molar-refractivity contribution is 9.10. The second-order valence-electron chi connectivity index (χ2n) is 5.77. The third kappa shape index (κ3) is 2.80. The number of aromatic nitrogens is 4. The van der Waals surface area contributed by atoms with Crippen LogP contribution in [-0.2, 0) is 12.8 Å². The first-order chi connectivity index (χ1) is 12.6. The van der Waals surface area contributed by atoms with E-state index in [1.807, 2.05) is 18.2 Å². The van der Waals surface area contributed by atoms with E-state index in [0.29, 0.717) is 47.2 Å². The van der Waals surface area contributed by atoms with E-state index in [1.165, 1.54) is 0 Å². The summed E-state index contributed by atoms with van der Waals surface area (Å²) in [5, 5.41) is 19.2. The predicted octanol–water partition coefficient (Wildman–Crippen LogP) is 3.18. The van der Waals surface area contributed by atoms with Crippen LogP contribution in [0.2, 0.25) is 0 Å². The van der Waals surface area contributed by atoms with Crippen molar-refractivity contribution < 1.29 is 14.6 Å². The van der Waals surface area contributed by atoms with E-state index in [1.54, 1.807) is 13.3 Å². The molecule has 0 unspecified atom stereocenters. The van der Waals surface area contributed by atoms with Gasteiger partial charge in [-0.15, -0.1) is 0 Å². The van der Waals surface area contributed by atoms with Gasteiger partial charge in [0.25, 0.3) is 0 Å². The molecule has 2 heterocycles. The van der Waals surface area contributed by atoms with Crippen LogP contribution < -0.4 is 10.1 Å². The molecule has 2 aromatic heterocycles. The van der Waals surface area contributed by atoms with Crippen LogP contribution in [0.4, 0.5) is 11.6 Å². The standard InChI is InChI=1S/C17H14BrN5O3/c1-26-12-5-3-9(18)6-11(12)20-17-19-7-8-2-4-10-14(13(8)21-17)22-23-15(10)16(24)25/h3,5-7H,2,4H2,1H3,(H,22,23)(H,24,25)(H,19,20,21). The predicted molar refractivity (Wildman–Crippen MR) is 98.0 cm³/mol. The van der Waals surface area contributed by atoms with Crippen molar-refractivity contribution in [3.63, 3.8) is 0 Å². The van der Waals surface area contributed by atoms with E-state index in [0.717, 1.165) is 10.0 Å². The van der Waals surface area contributed by atoms with Crippen molar-refractivity contribution in [3.8, 4) is 17.1 Å². The zero-order chi connectivity index (χ0) is 18.3. The summed E-state index contributed by atoms with van der Waals surface area (Å²) in [5.74, 6) is 0.0181. The van der Waals surface area contributed by atoms with Gasteiger partial charge in [0.2, 0.25) is 5.95 Å². The van der Waals surface area contributed by atoms with E-state index in [4.69, 9.17) is 4.74 Å². The average Bonchev–Trinajstić information content (AvgIpc) is 3.07.